The van der Waals surface area contributed by atoms with Crippen molar-refractivity contribution in [1.29, 1.82) is 0 Å². The molecular weight excluding hydrogens is 252 g/mol. The van der Waals surface area contributed by atoms with Crippen LogP contribution >= 0.6 is 11.6 Å². The molecule has 1 aliphatic rings. The Hall–Kier alpha value is -1.33. The first kappa shape index (κ1) is 13.1. The summed E-state index contributed by atoms with van der Waals surface area (Å²) in [4.78, 5) is 18.1. The summed E-state index contributed by atoms with van der Waals surface area (Å²) in [6.07, 6.45) is 0. The predicted octanol–water partition coefficient (Wildman–Crippen LogP) is 1.75. The van der Waals surface area contributed by atoms with Crippen molar-refractivity contribution < 1.29 is 4.79 Å². The lowest BCUT2D eigenvalue weighted by molar-refractivity contribution is 0.0785. The molecule has 1 fully saturated rings. The normalized spacial score (nSPS) is 23.2. The van der Waals surface area contributed by atoms with Gasteiger partial charge in [0.25, 0.3) is 5.91 Å². The van der Waals surface area contributed by atoms with Crippen molar-refractivity contribution in [3.05, 3.63) is 22.8 Å². The molecule has 0 saturated carbocycles. The lowest BCUT2D eigenvalue weighted by Crippen LogP contribution is -2.29. The summed E-state index contributed by atoms with van der Waals surface area (Å²) in [5.74, 6) is 6.72. The van der Waals surface area contributed by atoms with Crippen LogP contribution in [0.4, 0.5) is 5.82 Å². The Balaban J connectivity index is 2.21. The van der Waals surface area contributed by atoms with Gasteiger partial charge in [-0.05, 0) is 24.0 Å². The highest BCUT2D eigenvalue weighted by atomic mass is 35.5. The summed E-state index contributed by atoms with van der Waals surface area (Å²) in [5, 5.41) is 0.258. The van der Waals surface area contributed by atoms with Crippen LogP contribution in [0, 0.1) is 11.8 Å². The number of amides is 1. The molecule has 0 radical (unpaired) electrons. The average molecular weight is 269 g/mol. The molecule has 1 saturated heterocycles. The first-order chi connectivity index (χ1) is 8.51. The molecule has 98 valence electrons. The number of rotatable bonds is 2. The fraction of sp³-hybridized carbons (Fsp3) is 0.500. The summed E-state index contributed by atoms with van der Waals surface area (Å²) in [6, 6.07) is 3.18. The van der Waals surface area contributed by atoms with Crippen LogP contribution in [0.5, 0.6) is 0 Å². The third kappa shape index (κ3) is 2.57. The number of aromatic nitrogens is 1. The first-order valence-electron chi connectivity index (χ1n) is 5.94. The van der Waals surface area contributed by atoms with Crippen LogP contribution in [0.25, 0.3) is 0 Å². The van der Waals surface area contributed by atoms with Crippen LogP contribution in [0.1, 0.15) is 24.2 Å². The van der Waals surface area contributed by atoms with Gasteiger partial charge in [0.1, 0.15) is 11.0 Å². The van der Waals surface area contributed by atoms with E-state index in [4.69, 9.17) is 17.4 Å². The van der Waals surface area contributed by atoms with Crippen molar-refractivity contribution >= 4 is 23.3 Å². The number of pyridine rings is 1. The lowest BCUT2D eigenvalue weighted by Gasteiger charge is -2.16. The summed E-state index contributed by atoms with van der Waals surface area (Å²) in [6.45, 7) is 5.88. The molecule has 0 spiro atoms. The van der Waals surface area contributed by atoms with Crippen molar-refractivity contribution in [1.82, 2.24) is 9.88 Å². The second kappa shape index (κ2) is 5.12. The molecule has 3 N–H and O–H groups in total. The van der Waals surface area contributed by atoms with E-state index in [0.717, 1.165) is 13.1 Å². The molecule has 1 amide bonds. The molecular formula is C12H17ClN4O. The van der Waals surface area contributed by atoms with Gasteiger partial charge in [0.15, 0.2) is 0 Å². The number of carbonyl (C=O) groups is 1. The molecule has 2 atom stereocenters. The smallest absolute Gasteiger partial charge is 0.254 e. The van der Waals surface area contributed by atoms with Crippen molar-refractivity contribution in [3.63, 3.8) is 0 Å². The van der Waals surface area contributed by atoms with E-state index < -0.39 is 0 Å². The third-order valence-electron chi connectivity index (χ3n) is 3.46. The number of halogens is 1. The van der Waals surface area contributed by atoms with Crippen molar-refractivity contribution in [2.45, 2.75) is 13.8 Å². The second-order valence-electron chi connectivity index (χ2n) is 4.87. The molecule has 5 nitrogen and oxygen atoms in total. The van der Waals surface area contributed by atoms with Gasteiger partial charge in [-0.15, -0.1) is 0 Å². The van der Waals surface area contributed by atoms with E-state index in [1.807, 2.05) is 4.90 Å². The number of nitrogen functional groups attached to an aromatic ring is 1. The molecule has 2 heterocycles. The molecule has 0 aliphatic carbocycles. The van der Waals surface area contributed by atoms with E-state index in [1.165, 1.54) is 0 Å². The zero-order valence-corrected chi connectivity index (χ0v) is 11.2. The zero-order valence-electron chi connectivity index (χ0n) is 10.5. The van der Waals surface area contributed by atoms with E-state index in [9.17, 15) is 4.79 Å². The monoisotopic (exact) mass is 268 g/mol. The summed E-state index contributed by atoms with van der Waals surface area (Å²) >= 11 is 5.86. The van der Waals surface area contributed by atoms with E-state index in [2.05, 4.69) is 24.3 Å². The minimum Gasteiger partial charge on any atom is -0.338 e. The molecule has 1 aromatic rings. The molecule has 0 aromatic carbocycles. The van der Waals surface area contributed by atoms with Gasteiger partial charge in [0, 0.05) is 18.7 Å². The number of anilines is 1. The Morgan fingerprint density at radius 3 is 2.61 bits per heavy atom. The highest BCUT2D eigenvalue weighted by Gasteiger charge is 2.30. The average Bonchev–Trinajstić information content (AvgIpc) is 2.68. The Morgan fingerprint density at radius 2 is 2.06 bits per heavy atom. The van der Waals surface area contributed by atoms with Gasteiger partial charge < -0.3 is 10.3 Å². The van der Waals surface area contributed by atoms with Crippen LogP contribution in [0.2, 0.25) is 5.15 Å². The Bertz CT molecular complexity index is 455. The minimum absolute atomic E-state index is 0.0213. The van der Waals surface area contributed by atoms with Crippen molar-refractivity contribution in [3.8, 4) is 0 Å². The number of hydrogen-bond acceptors (Lipinski definition) is 4. The number of nitrogens with two attached hydrogens (primary N) is 1. The maximum absolute atomic E-state index is 12.3. The van der Waals surface area contributed by atoms with Crippen molar-refractivity contribution in [2.24, 2.45) is 17.7 Å². The van der Waals surface area contributed by atoms with Crippen molar-refractivity contribution in [2.75, 3.05) is 18.5 Å². The van der Waals surface area contributed by atoms with Crippen LogP contribution in [-0.2, 0) is 0 Å². The number of carbonyl (C=O) groups excluding carboxylic acids is 1. The van der Waals surface area contributed by atoms with Gasteiger partial charge in [-0.2, -0.15) is 0 Å². The number of likely N-dealkylation sites (tertiary alicyclic amines) is 1. The fourth-order valence-corrected chi connectivity index (χ4v) is 2.38. The number of hydrogen-bond donors (Lipinski definition) is 2. The SMILES string of the molecule is CC1CN(C(=O)c2cc(Cl)nc(NN)c2)CC1C. The molecule has 0 bridgehead atoms. The van der Waals surface area contributed by atoms with Crippen LogP contribution in [-0.4, -0.2) is 28.9 Å². The fourth-order valence-electron chi connectivity index (χ4n) is 2.17. The minimum atomic E-state index is -0.0213. The number of hydrazine groups is 1. The Kier molecular flexibility index (Phi) is 3.73. The quantitative estimate of drug-likeness (QED) is 0.487. The lowest BCUT2D eigenvalue weighted by atomic mass is 10.0. The van der Waals surface area contributed by atoms with Gasteiger partial charge in [-0.1, -0.05) is 25.4 Å². The highest BCUT2D eigenvalue weighted by Crippen LogP contribution is 2.24. The maximum atomic E-state index is 12.3. The number of nitrogens with one attached hydrogen (secondary N) is 1. The van der Waals surface area contributed by atoms with Gasteiger partial charge in [0.05, 0.1) is 0 Å². The van der Waals surface area contributed by atoms with Crippen LogP contribution in [0.3, 0.4) is 0 Å². The van der Waals surface area contributed by atoms with Crippen LogP contribution in [0.15, 0.2) is 12.1 Å². The summed E-state index contributed by atoms with van der Waals surface area (Å²) < 4.78 is 0. The molecule has 6 heteroatoms. The number of nitrogens with zero attached hydrogens (tertiary/aromatic N) is 2. The van der Waals surface area contributed by atoms with Gasteiger partial charge in [-0.25, -0.2) is 10.8 Å². The standard InChI is InChI=1S/C12H17ClN4O/c1-7-5-17(6-8(7)2)12(18)9-3-10(13)15-11(4-9)16-14/h3-4,7-8H,5-6,14H2,1-2H3,(H,15,16). The van der Waals surface area contributed by atoms with E-state index in [0.29, 0.717) is 23.2 Å². The summed E-state index contributed by atoms with van der Waals surface area (Å²) in [7, 11) is 0. The second-order valence-corrected chi connectivity index (χ2v) is 5.26. The zero-order chi connectivity index (χ0) is 13.3. The molecule has 18 heavy (non-hydrogen) atoms. The molecule has 1 aromatic heterocycles. The summed E-state index contributed by atoms with van der Waals surface area (Å²) in [5.41, 5.74) is 2.92. The maximum Gasteiger partial charge on any atom is 0.254 e. The van der Waals surface area contributed by atoms with Gasteiger partial charge in [-0.3, -0.25) is 4.79 Å². The first-order valence-corrected chi connectivity index (χ1v) is 6.32. The highest BCUT2D eigenvalue weighted by molar-refractivity contribution is 6.29. The van der Waals surface area contributed by atoms with E-state index >= 15 is 0 Å². The van der Waals surface area contributed by atoms with E-state index in [1.54, 1.807) is 12.1 Å². The third-order valence-corrected chi connectivity index (χ3v) is 3.66. The molecule has 2 unspecified atom stereocenters. The van der Waals surface area contributed by atoms with E-state index in [-0.39, 0.29) is 11.1 Å². The predicted molar refractivity (Wildman–Crippen MR) is 71.3 cm³/mol. The van der Waals surface area contributed by atoms with Gasteiger partial charge in [0.2, 0.25) is 0 Å². The molecule has 1 aliphatic heterocycles. The Labute approximate surface area is 111 Å². The largest absolute Gasteiger partial charge is 0.338 e. The van der Waals surface area contributed by atoms with Crippen LogP contribution < -0.4 is 11.3 Å². The van der Waals surface area contributed by atoms with Gasteiger partial charge >= 0.3 is 0 Å². The molecule has 2 rings (SSSR count). The topological polar surface area (TPSA) is 71.2 Å². The Morgan fingerprint density at radius 1 is 1.44 bits per heavy atom.